The highest BCUT2D eigenvalue weighted by Crippen LogP contribution is 2.18. The van der Waals surface area contributed by atoms with Crippen LogP contribution >= 0.6 is 24.0 Å². The highest BCUT2D eigenvalue weighted by Gasteiger charge is 2.07. The molecule has 0 aliphatic carbocycles. The molecule has 0 saturated heterocycles. The minimum atomic E-state index is -0.0199. The van der Waals surface area contributed by atoms with Crippen molar-refractivity contribution in [1.82, 2.24) is 15.5 Å². The first-order chi connectivity index (χ1) is 13.1. The molecule has 1 rings (SSSR count). The molecule has 0 saturated carbocycles. The fourth-order valence-corrected chi connectivity index (χ4v) is 2.11. The largest absolute Gasteiger partial charge is 0.489 e. The molecule has 158 valence electrons. The number of aliphatic imine (C=N–C) groups is 1. The third kappa shape index (κ3) is 11.1. The highest BCUT2D eigenvalue weighted by atomic mass is 127. The number of carbonyl (C=O) groups excluding carboxylic acids is 1. The van der Waals surface area contributed by atoms with Crippen LogP contribution in [0.25, 0.3) is 0 Å². The predicted octanol–water partition coefficient (Wildman–Crippen LogP) is 2.42. The molecule has 0 heterocycles. The van der Waals surface area contributed by atoms with Crippen LogP contribution in [0.2, 0.25) is 0 Å². The van der Waals surface area contributed by atoms with E-state index in [1.165, 1.54) is 4.90 Å². The van der Waals surface area contributed by atoms with E-state index < -0.39 is 0 Å². The van der Waals surface area contributed by atoms with Crippen LogP contribution in [0.4, 0.5) is 0 Å². The van der Waals surface area contributed by atoms with Crippen LogP contribution < -0.4 is 15.4 Å². The Bertz CT molecular complexity index is 609. The maximum Gasteiger partial charge on any atom is 0.241 e. The molecule has 0 aliphatic heterocycles. The lowest BCUT2D eigenvalue weighted by molar-refractivity contribution is -0.127. The van der Waals surface area contributed by atoms with Crippen LogP contribution in [0.15, 0.2) is 41.9 Å². The normalized spacial score (nSPS) is 10.6. The van der Waals surface area contributed by atoms with Crippen LogP contribution in [0, 0.1) is 0 Å². The van der Waals surface area contributed by atoms with E-state index in [0.717, 1.165) is 17.7 Å². The average molecular weight is 504 g/mol. The van der Waals surface area contributed by atoms with Gasteiger partial charge in [0.25, 0.3) is 0 Å². The zero-order valence-corrected chi connectivity index (χ0v) is 19.4. The van der Waals surface area contributed by atoms with Gasteiger partial charge in [-0.2, -0.15) is 0 Å². The smallest absolute Gasteiger partial charge is 0.241 e. The standard InChI is InChI=1S/C20H32N4O3.HI/c1-5-13-27-18-11-8-7-10-17(18)15-22-20(21-12-9-14-26-6-2)23-16-19(25)24(3)4;/h5,7-8,10-11H,1,6,9,12-16H2,2-4H3,(H2,21,22,23);1H. The minimum Gasteiger partial charge on any atom is -0.489 e. The summed E-state index contributed by atoms with van der Waals surface area (Å²) in [5.74, 6) is 1.34. The molecule has 0 fully saturated rings. The molecule has 0 bridgehead atoms. The average Bonchev–Trinajstić information content (AvgIpc) is 2.67. The number of benzene rings is 1. The highest BCUT2D eigenvalue weighted by molar-refractivity contribution is 14.0. The Labute approximate surface area is 185 Å². The van der Waals surface area contributed by atoms with E-state index in [9.17, 15) is 4.79 Å². The Morgan fingerprint density at radius 1 is 1.29 bits per heavy atom. The van der Waals surface area contributed by atoms with Crippen molar-refractivity contribution < 1.29 is 14.3 Å². The number of halogens is 1. The van der Waals surface area contributed by atoms with Gasteiger partial charge in [0.15, 0.2) is 5.96 Å². The zero-order chi connectivity index (χ0) is 19.9. The van der Waals surface area contributed by atoms with Gasteiger partial charge in [-0.25, -0.2) is 4.99 Å². The number of carbonyl (C=O) groups is 1. The quantitative estimate of drug-likeness (QED) is 0.150. The van der Waals surface area contributed by atoms with Gasteiger partial charge in [-0.15, -0.1) is 24.0 Å². The lowest BCUT2D eigenvalue weighted by atomic mass is 10.2. The van der Waals surface area contributed by atoms with Gasteiger partial charge in [0.05, 0.1) is 13.1 Å². The first kappa shape index (κ1) is 26.2. The summed E-state index contributed by atoms with van der Waals surface area (Å²) in [5.41, 5.74) is 0.966. The van der Waals surface area contributed by atoms with E-state index in [-0.39, 0.29) is 36.4 Å². The molecular weight excluding hydrogens is 471 g/mol. The molecule has 0 radical (unpaired) electrons. The van der Waals surface area contributed by atoms with Gasteiger partial charge in [0.2, 0.25) is 5.91 Å². The van der Waals surface area contributed by atoms with Crippen molar-refractivity contribution in [1.29, 1.82) is 0 Å². The first-order valence-electron chi connectivity index (χ1n) is 9.20. The summed E-state index contributed by atoms with van der Waals surface area (Å²) >= 11 is 0. The fraction of sp³-hybridized carbons (Fsp3) is 0.500. The van der Waals surface area contributed by atoms with Gasteiger partial charge in [-0.3, -0.25) is 4.79 Å². The predicted molar refractivity (Wildman–Crippen MR) is 124 cm³/mol. The maximum atomic E-state index is 11.8. The fourth-order valence-electron chi connectivity index (χ4n) is 2.11. The molecule has 1 aromatic carbocycles. The van der Waals surface area contributed by atoms with Crippen LogP contribution in [0.1, 0.15) is 18.9 Å². The van der Waals surface area contributed by atoms with Crippen molar-refractivity contribution in [3.63, 3.8) is 0 Å². The SMILES string of the molecule is C=CCOc1ccccc1CN=C(NCCCOCC)NCC(=O)N(C)C.I. The van der Waals surface area contributed by atoms with Crippen LogP contribution in [-0.4, -0.2) is 63.8 Å². The summed E-state index contributed by atoms with van der Waals surface area (Å²) < 4.78 is 11.0. The Balaban J connectivity index is 0.00000729. The lowest BCUT2D eigenvalue weighted by Crippen LogP contribution is -2.43. The van der Waals surface area contributed by atoms with Crippen LogP contribution in [0.5, 0.6) is 5.75 Å². The number of rotatable bonds is 12. The molecular formula is C20H33IN4O3. The summed E-state index contributed by atoms with van der Waals surface area (Å²) in [4.78, 5) is 18.0. The summed E-state index contributed by atoms with van der Waals surface area (Å²) in [6.45, 7) is 8.80. The number of likely N-dealkylation sites (N-methyl/N-ethyl adjacent to an activating group) is 1. The topological polar surface area (TPSA) is 75.2 Å². The number of guanidine groups is 1. The molecule has 7 nitrogen and oxygen atoms in total. The number of ether oxygens (including phenoxy) is 2. The Morgan fingerprint density at radius 3 is 2.71 bits per heavy atom. The van der Waals surface area contributed by atoms with E-state index >= 15 is 0 Å². The molecule has 0 spiro atoms. The van der Waals surface area contributed by atoms with Gasteiger partial charge >= 0.3 is 0 Å². The molecule has 0 aromatic heterocycles. The van der Waals surface area contributed by atoms with Gasteiger partial charge in [0, 0.05) is 39.4 Å². The monoisotopic (exact) mass is 504 g/mol. The third-order valence-electron chi connectivity index (χ3n) is 3.60. The molecule has 2 N–H and O–H groups in total. The molecule has 28 heavy (non-hydrogen) atoms. The van der Waals surface area contributed by atoms with E-state index in [2.05, 4.69) is 22.2 Å². The van der Waals surface area contributed by atoms with Gasteiger partial charge in [0.1, 0.15) is 12.4 Å². The number of nitrogens with zero attached hydrogens (tertiary/aromatic N) is 2. The second-order valence-electron chi connectivity index (χ2n) is 5.99. The molecule has 1 amide bonds. The summed E-state index contributed by atoms with van der Waals surface area (Å²) in [5, 5.41) is 6.31. The Morgan fingerprint density at radius 2 is 2.04 bits per heavy atom. The summed E-state index contributed by atoms with van der Waals surface area (Å²) in [7, 11) is 3.45. The number of para-hydroxylation sites is 1. The van der Waals surface area contributed by atoms with Gasteiger partial charge in [-0.05, 0) is 19.4 Å². The second-order valence-corrected chi connectivity index (χ2v) is 5.99. The summed E-state index contributed by atoms with van der Waals surface area (Å²) in [6, 6.07) is 7.75. The number of hydrogen-bond acceptors (Lipinski definition) is 4. The van der Waals surface area contributed by atoms with Crippen molar-refractivity contribution in [2.45, 2.75) is 19.9 Å². The van der Waals surface area contributed by atoms with Crippen molar-refractivity contribution in [3.05, 3.63) is 42.5 Å². The molecule has 8 heteroatoms. The van der Waals surface area contributed by atoms with E-state index in [4.69, 9.17) is 9.47 Å². The van der Waals surface area contributed by atoms with Gasteiger partial charge in [-0.1, -0.05) is 30.9 Å². The molecule has 1 aromatic rings. The van der Waals surface area contributed by atoms with Crippen LogP contribution in [0.3, 0.4) is 0 Å². The van der Waals surface area contributed by atoms with Crippen molar-refractivity contribution in [3.8, 4) is 5.75 Å². The number of hydrogen-bond donors (Lipinski definition) is 2. The Kier molecular flexibility index (Phi) is 15.1. The minimum absolute atomic E-state index is 0. The van der Waals surface area contributed by atoms with Crippen LogP contribution in [-0.2, 0) is 16.1 Å². The maximum absolute atomic E-state index is 11.8. The number of amides is 1. The Hall–Kier alpha value is -1.81. The third-order valence-corrected chi connectivity index (χ3v) is 3.60. The zero-order valence-electron chi connectivity index (χ0n) is 17.1. The van der Waals surface area contributed by atoms with E-state index in [0.29, 0.717) is 38.9 Å². The lowest BCUT2D eigenvalue weighted by Gasteiger charge is -2.15. The van der Waals surface area contributed by atoms with Gasteiger partial charge < -0.3 is 25.0 Å². The van der Waals surface area contributed by atoms with Crippen molar-refractivity contribution in [2.24, 2.45) is 4.99 Å². The second kappa shape index (κ2) is 16.2. The van der Waals surface area contributed by atoms with E-state index in [1.807, 2.05) is 31.2 Å². The number of nitrogens with one attached hydrogen (secondary N) is 2. The van der Waals surface area contributed by atoms with E-state index in [1.54, 1.807) is 20.2 Å². The first-order valence-corrected chi connectivity index (χ1v) is 9.20. The van der Waals surface area contributed by atoms with Crippen molar-refractivity contribution in [2.75, 3.05) is 47.0 Å². The summed E-state index contributed by atoms with van der Waals surface area (Å²) in [6.07, 6.45) is 2.56. The molecule has 0 atom stereocenters. The molecule has 0 aliphatic rings. The molecule has 0 unspecified atom stereocenters. The van der Waals surface area contributed by atoms with Crippen molar-refractivity contribution >= 4 is 35.8 Å².